The predicted molar refractivity (Wildman–Crippen MR) is 77.8 cm³/mol. The molecule has 2 atom stereocenters. The molecule has 1 N–H and O–H groups in total. The van der Waals surface area contributed by atoms with Crippen LogP contribution in [0.15, 0.2) is 42.5 Å². The highest BCUT2D eigenvalue weighted by Gasteiger charge is 2.20. The van der Waals surface area contributed by atoms with E-state index in [9.17, 15) is 13.5 Å². The van der Waals surface area contributed by atoms with Crippen molar-refractivity contribution in [3.63, 3.8) is 0 Å². The molecule has 0 bridgehead atoms. The number of aliphatic hydroxyl groups is 1. The standard InChI is InChI=1S/C15H18O3S/c1-11(10-19(2,17)18)15(16)14-8-7-12-5-3-4-6-13(12)9-14/h3-9,11,15-16H,10H2,1-2H3. The minimum Gasteiger partial charge on any atom is -0.388 e. The van der Waals surface area contributed by atoms with Gasteiger partial charge in [-0.2, -0.15) is 0 Å². The van der Waals surface area contributed by atoms with Gasteiger partial charge in [-0.3, -0.25) is 0 Å². The highest BCUT2D eigenvalue weighted by Crippen LogP contribution is 2.26. The second-order valence-corrected chi connectivity index (χ2v) is 7.31. The number of hydrogen-bond acceptors (Lipinski definition) is 3. The first-order valence-corrected chi connectivity index (χ1v) is 8.27. The molecule has 0 spiro atoms. The smallest absolute Gasteiger partial charge is 0.147 e. The van der Waals surface area contributed by atoms with E-state index in [0.717, 1.165) is 16.3 Å². The van der Waals surface area contributed by atoms with E-state index in [2.05, 4.69) is 0 Å². The lowest BCUT2D eigenvalue weighted by molar-refractivity contribution is 0.128. The van der Waals surface area contributed by atoms with E-state index in [0.29, 0.717) is 0 Å². The van der Waals surface area contributed by atoms with Crippen molar-refractivity contribution in [3.8, 4) is 0 Å². The normalized spacial score (nSPS) is 15.3. The average Bonchev–Trinajstić information content (AvgIpc) is 2.35. The van der Waals surface area contributed by atoms with E-state index in [1.165, 1.54) is 6.26 Å². The Bertz CT molecular complexity index is 677. The molecule has 0 radical (unpaired) electrons. The Hall–Kier alpha value is -1.39. The molecule has 2 aromatic carbocycles. The highest BCUT2D eigenvalue weighted by atomic mass is 32.2. The summed E-state index contributed by atoms with van der Waals surface area (Å²) in [6, 6.07) is 13.6. The van der Waals surface area contributed by atoms with Crippen molar-refractivity contribution in [1.82, 2.24) is 0 Å². The van der Waals surface area contributed by atoms with Gasteiger partial charge in [0.2, 0.25) is 0 Å². The van der Waals surface area contributed by atoms with Crippen LogP contribution in [-0.4, -0.2) is 25.5 Å². The number of hydrogen-bond donors (Lipinski definition) is 1. The van der Waals surface area contributed by atoms with Gasteiger partial charge in [-0.1, -0.05) is 43.3 Å². The molecule has 0 saturated heterocycles. The van der Waals surface area contributed by atoms with E-state index in [1.54, 1.807) is 6.92 Å². The lowest BCUT2D eigenvalue weighted by atomic mass is 9.96. The summed E-state index contributed by atoms with van der Waals surface area (Å²) in [4.78, 5) is 0. The first kappa shape index (κ1) is 14.0. The molecule has 0 saturated carbocycles. The van der Waals surface area contributed by atoms with Gasteiger partial charge in [-0.25, -0.2) is 8.42 Å². The third kappa shape index (κ3) is 3.55. The summed E-state index contributed by atoms with van der Waals surface area (Å²) in [5, 5.41) is 12.4. The van der Waals surface area contributed by atoms with Crippen molar-refractivity contribution < 1.29 is 13.5 Å². The van der Waals surface area contributed by atoms with Crippen LogP contribution in [0.2, 0.25) is 0 Å². The van der Waals surface area contributed by atoms with Gasteiger partial charge in [0.25, 0.3) is 0 Å². The van der Waals surface area contributed by atoms with Gasteiger partial charge in [-0.05, 0) is 22.4 Å². The van der Waals surface area contributed by atoms with Gasteiger partial charge in [-0.15, -0.1) is 0 Å². The Morgan fingerprint density at radius 2 is 1.74 bits per heavy atom. The molecular formula is C15H18O3S. The molecule has 19 heavy (non-hydrogen) atoms. The monoisotopic (exact) mass is 278 g/mol. The summed E-state index contributed by atoms with van der Waals surface area (Å²) in [7, 11) is -3.08. The highest BCUT2D eigenvalue weighted by molar-refractivity contribution is 7.90. The summed E-state index contributed by atoms with van der Waals surface area (Å²) >= 11 is 0. The van der Waals surface area contributed by atoms with E-state index in [-0.39, 0.29) is 11.7 Å². The van der Waals surface area contributed by atoms with Crippen molar-refractivity contribution in [1.29, 1.82) is 0 Å². The van der Waals surface area contributed by atoms with Gasteiger partial charge < -0.3 is 5.11 Å². The number of rotatable bonds is 4. The van der Waals surface area contributed by atoms with Gasteiger partial charge in [0.15, 0.2) is 0 Å². The molecule has 102 valence electrons. The molecule has 4 heteroatoms. The van der Waals surface area contributed by atoms with Crippen LogP contribution in [0.25, 0.3) is 10.8 Å². The quantitative estimate of drug-likeness (QED) is 0.935. The van der Waals surface area contributed by atoms with E-state index in [4.69, 9.17) is 0 Å². The lowest BCUT2D eigenvalue weighted by Gasteiger charge is -2.18. The molecule has 0 heterocycles. The van der Waals surface area contributed by atoms with Crippen LogP contribution in [0.3, 0.4) is 0 Å². The van der Waals surface area contributed by atoms with E-state index in [1.807, 2.05) is 42.5 Å². The number of sulfone groups is 1. The van der Waals surface area contributed by atoms with Crippen molar-refractivity contribution >= 4 is 20.6 Å². The van der Waals surface area contributed by atoms with Gasteiger partial charge in [0, 0.05) is 12.2 Å². The zero-order valence-corrected chi connectivity index (χ0v) is 11.9. The molecule has 0 aromatic heterocycles. The Balaban J connectivity index is 2.28. The fraction of sp³-hybridized carbons (Fsp3) is 0.333. The molecule has 0 aliphatic rings. The Kier molecular flexibility index (Phi) is 3.92. The van der Waals surface area contributed by atoms with E-state index < -0.39 is 15.9 Å². The summed E-state index contributed by atoms with van der Waals surface area (Å²) in [5.74, 6) is -0.336. The number of aliphatic hydroxyl groups excluding tert-OH is 1. The second-order valence-electron chi connectivity index (χ2n) is 5.12. The van der Waals surface area contributed by atoms with E-state index >= 15 is 0 Å². The Morgan fingerprint density at radius 1 is 1.11 bits per heavy atom. The molecule has 0 aliphatic carbocycles. The van der Waals surface area contributed by atoms with Crippen LogP contribution in [-0.2, 0) is 9.84 Å². The predicted octanol–water partition coefficient (Wildman–Crippen LogP) is 2.55. The van der Waals surface area contributed by atoms with Crippen molar-refractivity contribution in [2.24, 2.45) is 5.92 Å². The Morgan fingerprint density at radius 3 is 2.37 bits per heavy atom. The topological polar surface area (TPSA) is 54.4 Å². The second kappa shape index (κ2) is 5.31. The van der Waals surface area contributed by atoms with Crippen LogP contribution in [0.5, 0.6) is 0 Å². The minimum absolute atomic E-state index is 0.0129. The first-order chi connectivity index (χ1) is 8.87. The van der Waals surface area contributed by atoms with Gasteiger partial charge in [0.1, 0.15) is 9.84 Å². The summed E-state index contributed by atoms with van der Waals surface area (Å²) < 4.78 is 22.6. The van der Waals surface area contributed by atoms with Crippen LogP contribution >= 0.6 is 0 Å². The van der Waals surface area contributed by atoms with Crippen molar-refractivity contribution in [2.75, 3.05) is 12.0 Å². The molecule has 2 unspecified atom stereocenters. The van der Waals surface area contributed by atoms with Crippen LogP contribution in [0, 0.1) is 5.92 Å². The van der Waals surface area contributed by atoms with Gasteiger partial charge >= 0.3 is 0 Å². The zero-order valence-electron chi connectivity index (χ0n) is 11.1. The average molecular weight is 278 g/mol. The summed E-state index contributed by atoms with van der Waals surface area (Å²) in [6.45, 7) is 1.75. The molecule has 0 amide bonds. The maximum Gasteiger partial charge on any atom is 0.147 e. The maximum absolute atomic E-state index is 11.3. The SMILES string of the molecule is CC(CS(C)(=O)=O)C(O)c1ccc2ccccc2c1. The number of benzene rings is 2. The van der Waals surface area contributed by atoms with Crippen LogP contribution < -0.4 is 0 Å². The molecule has 3 nitrogen and oxygen atoms in total. The fourth-order valence-electron chi connectivity index (χ4n) is 2.29. The lowest BCUT2D eigenvalue weighted by Crippen LogP contribution is -2.19. The van der Waals surface area contributed by atoms with Gasteiger partial charge in [0.05, 0.1) is 11.9 Å². The van der Waals surface area contributed by atoms with Crippen molar-refractivity contribution in [3.05, 3.63) is 48.0 Å². The van der Waals surface area contributed by atoms with Crippen molar-refractivity contribution in [2.45, 2.75) is 13.0 Å². The largest absolute Gasteiger partial charge is 0.388 e. The molecular weight excluding hydrogens is 260 g/mol. The maximum atomic E-state index is 11.3. The molecule has 2 rings (SSSR count). The molecule has 0 aliphatic heterocycles. The first-order valence-electron chi connectivity index (χ1n) is 6.21. The number of fused-ring (bicyclic) bond motifs is 1. The fourth-order valence-corrected chi connectivity index (χ4v) is 3.43. The third-order valence-electron chi connectivity index (χ3n) is 3.22. The molecule has 2 aromatic rings. The minimum atomic E-state index is -3.08. The third-order valence-corrected chi connectivity index (χ3v) is 4.35. The van der Waals surface area contributed by atoms with Crippen LogP contribution in [0.4, 0.5) is 0 Å². The van der Waals surface area contributed by atoms with Crippen LogP contribution in [0.1, 0.15) is 18.6 Å². The Labute approximate surface area is 113 Å². The zero-order chi connectivity index (χ0) is 14.0. The summed E-state index contributed by atoms with van der Waals surface area (Å²) in [5.41, 5.74) is 0.759. The summed E-state index contributed by atoms with van der Waals surface area (Å²) in [6.07, 6.45) is 0.427. The molecule has 0 fully saturated rings.